The molecule has 1 amide bonds. The van der Waals surface area contributed by atoms with Crippen molar-refractivity contribution in [1.29, 1.82) is 0 Å². The fourth-order valence-corrected chi connectivity index (χ4v) is 4.37. The first-order chi connectivity index (χ1) is 14.3. The normalized spacial score (nSPS) is 12.4. The molecule has 0 saturated heterocycles. The molecular formula is C22H22N2O5S. The van der Waals surface area contributed by atoms with Gasteiger partial charge in [-0.25, -0.2) is 8.42 Å². The predicted molar refractivity (Wildman–Crippen MR) is 113 cm³/mol. The molecule has 3 aromatic rings. The summed E-state index contributed by atoms with van der Waals surface area (Å²) in [5, 5.41) is 10.8. The summed E-state index contributed by atoms with van der Waals surface area (Å²) in [7, 11) is -2.60. The van der Waals surface area contributed by atoms with Crippen molar-refractivity contribution in [1.82, 2.24) is 9.62 Å². The zero-order chi connectivity index (χ0) is 21.7. The number of sulfonamides is 1. The standard InChI is InChI=1S/C22H22N2O5S/c1-24(15-16-7-3-2-4-8-16)22(27)20(14-21(25)26)23-30(28,29)19-12-11-17-9-5-6-10-18(17)13-19/h2-13,20,23H,14-15H2,1H3,(H,25,26)/t20-/m0/s1. The summed E-state index contributed by atoms with van der Waals surface area (Å²) in [6.45, 7) is 0.230. The van der Waals surface area contributed by atoms with Crippen molar-refractivity contribution >= 4 is 32.7 Å². The number of benzene rings is 3. The first kappa shape index (κ1) is 21.5. The molecule has 3 rings (SSSR count). The van der Waals surface area contributed by atoms with Crippen molar-refractivity contribution in [3.8, 4) is 0 Å². The predicted octanol–water partition coefficient (Wildman–Crippen LogP) is 2.62. The minimum Gasteiger partial charge on any atom is -0.481 e. The first-order valence-corrected chi connectivity index (χ1v) is 10.8. The molecule has 0 aliphatic rings. The van der Waals surface area contributed by atoms with Gasteiger partial charge in [0.25, 0.3) is 0 Å². The number of likely N-dealkylation sites (N-methyl/N-ethyl adjacent to an activating group) is 1. The summed E-state index contributed by atoms with van der Waals surface area (Å²) >= 11 is 0. The number of nitrogens with one attached hydrogen (secondary N) is 1. The Balaban J connectivity index is 1.83. The van der Waals surface area contributed by atoms with E-state index in [4.69, 9.17) is 0 Å². The Labute approximate surface area is 175 Å². The molecule has 0 fully saturated rings. The highest BCUT2D eigenvalue weighted by Gasteiger charge is 2.30. The summed E-state index contributed by atoms with van der Waals surface area (Å²) < 4.78 is 28.0. The van der Waals surface area contributed by atoms with Crippen LogP contribution in [0.15, 0.2) is 77.7 Å². The largest absolute Gasteiger partial charge is 0.481 e. The summed E-state index contributed by atoms with van der Waals surface area (Å²) in [4.78, 5) is 25.4. The SMILES string of the molecule is CN(Cc1ccccc1)C(=O)[C@H](CC(=O)O)NS(=O)(=O)c1ccc2ccccc2c1. The molecular weight excluding hydrogens is 404 g/mol. The molecule has 156 valence electrons. The van der Waals surface area contributed by atoms with E-state index in [0.29, 0.717) is 0 Å². The summed E-state index contributed by atoms with van der Waals surface area (Å²) in [6.07, 6.45) is -0.662. The third kappa shape index (κ3) is 5.22. The van der Waals surface area contributed by atoms with Gasteiger partial charge < -0.3 is 10.0 Å². The minimum absolute atomic E-state index is 0.0323. The molecule has 0 bridgehead atoms. The van der Waals surface area contributed by atoms with Crippen LogP contribution in [0.4, 0.5) is 0 Å². The number of carboxylic acids is 1. The number of hydrogen-bond acceptors (Lipinski definition) is 4. The number of fused-ring (bicyclic) bond motifs is 1. The molecule has 8 heteroatoms. The van der Waals surface area contributed by atoms with Gasteiger partial charge in [0.2, 0.25) is 15.9 Å². The van der Waals surface area contributed by atoms with E-state index in [9.17, 15) is 23.1 Å². The fourth-order valence-electron chi connectivity index (χ4n) is 3.15. The van der Waals surface area contributed by atoms with Crippen molar-refractivity contribution in [3.05, 3.63) is 78.4 Å². The molecule has 1 atom stereocenters. The third-order valence-electron chi connectivity index (χ3n) is 4.64. The Kier molecular flexibility index (Phi) is 6.49. The van der Waals surface area contributed by atoms with E-state index < -0.39 is 34.4 Å². The molecule has 3 aromatic carbocycles. The van der Waals surface area contributed by atoms with Crippen LogP contribution in [-0.2, 0) is 26.2 Å². The van der Waals surface area contributed by atoms with E-state index in [1.807, 2.05) is 42.5 Å². The molecule has 7 nitrogen and oxygen atoms in total. The third-order valence-corrected chi connectivity index (χ3v) is 6.11. The molecule has 0 unspecified atom stereocenters. The van der Waals surface area contributed by atoms with Gasteiger partial charge >= 0.3 is 5.97 Å². The van der Waals surface area contributed by atoms with E-state index >= 15 is 0 Å². The molecule has 0 saturated carbocycles. The van der Waals surface area contributed by atoms with Gasteiger partial charge in [-0.05, 0) is 28.5 Å². The monoisotopic (exact) mass is 426 g/mol. The second kappa shape index (κ2) is 9.06. The lowest BCUT2D eigenvalue weighted by Crippen LogP contribution is -2.48. The zero-order valence-corrected chi connectivity index (χ0v) is 17.2. The van der Waals surface area contributed by atoms with Gasteiger partial charge in [0, 0.05) is 13.6 Å². The first-order valence-electron chi connectivity index (χ1n) is 9.28. The van der Waals surface area contributed by atoms with Crippen LogP contribution in [-0.4, -0.2) is 43.4 Å². The van der Waals surface area contributed by atoms with Gasteiger partial charge in [0.15, 0.2) is 0 Å². The average Bonchev–Trinajstić information content (AvgIpc) is 2.72. The lowest BCUT2D eigenvalue weighted by atomic mass is 10.1. The highest BCUT2D eigenvalue weighted by molar-refractivity contribution is 7.89. The van der Waals surface area contributed by atoms with Gasteiger partial charge in [-0.15, -0.1) is 0 Å². The van der Waals surface area contributed by atoms with Crippen molar-refractivity contribution in [2.75, 3.05) is 7.05 Å². The van der Waals surface area contributed by atoms with Crippen molar-refractivity contribution < 1.29 is 23.1 Å². The van der Waals surface area contributed by atoms with Crippen LogP contribution < -0.4 is 4.72 Å². The second-order valence-electron chi connectivity index (χ2n) is 6.96. The van der Waals surface area contributed by atoms with E-state index in [1.165, 1.54) is 24.1 Å². The Hall–Kier alpha value is -3.23. The topological polar surface area (TPSA) is 104 Å². The van der Waals surface area contributed by atoms with Crippen LogP contribution in [0.1, 0.15) is 12.0 Å². The number of carboxylic acid groups (broad SMARTS) is 1. The maximum Gasteiger partial charge on any atom is 0.305 e. The Morgan fingerprint density at radius 2 is 1.60 bits per heavy atom. The Morgan fingerprint density at radius 3 is 2.27 bits per heavy atom. The Morgan fingerprint density at radius 1 is 0.967 bits per heavy atom. The second-order valence-corrected chi connectivity index (χ2v) is 8.67. The van der Waals surface area contributed by atoms with Crippen molar-refractivity contribution in [2.45, 2.75) is 23.9 Å². The van der Waals surface area contributed by atoms with E-state index in [2.05, 4.69) is 4.72 Å². The number of hydrogen-bond donors (Lipinski definition) is 2. The van der Waals surface area contributed by atoms with Crippen LogP contribution in [0.3, 0.4) is 0 Å². The van der Waals surface area contributed by atoms with Crippen molar-refractivity contribution in [3.63, 3.8) is 0 Å². The molecule has 0 aliphatic heterocycles. The van der Waals surface area contributed by atoms with Crippen LogP contribution >= 0.6 is 0 Å². The number of carbonyl (C=O) groups is 2. The summed E-state index contributed by atoms with van der Waals surface area (Å²) in [6, 6.07) is 19.6. The van der Waals surface area contributed by atoms with Crippen LogP contribution in [0.5, 0.6) is 0 Å². The number of aliphatic carboxylic acids is 1. The molecule has 0 heterocycles. The van der Waals surface area contributed by atoms with E-state index in [0.717, 1.165) is 16.3 Å². The number of amides is 1. The number of nitrogens with zero attached hydrogens (tertiary/aromatic N) is 1. The molecule has 0 aromatic heterocycles. The number of carbonyl (C=O) groups excluding carboxylic acids is 1. The highest BCUT2D eigenvalue weighted by Crippen LogP contribution is 2.19. The van der Waals surface area contributed by atoms with Gasteiger partial charge in [-0.2, -0.15) is 4.72 Å². The molecule has 30 heavy (non-hydrogen) atoms. The molecule has 0 radical (unpaired) electrons. The molecule has 0 spiro atoms. The molecule has 2 N–H and O–H groups in total. The Bertz CT molecular complexity index is 1160. The van der Waals surface area contributed by atoms with Gasteiger partial charge in [-0.3, -0.25) is 9.59 Å². The fraction of sp³-hybridized carbons (Fsp3) is 0.182. The smallest absolute Gasteiger partial charge is 0.305 e. The van der Waals surface area contributed by atoms with Crippen LogP contribution in [0.25, 0.3) is 10.8 Å². The lowest BCUT2D eigenvalue weighted by Gasteiger charge is -2.24. The van der Waals surface area contributed by atoms with Gasteiger partial charge in [-0.1, -0.05) is 60.7 Å². The van der Waals surface area contributed by atoms with Gasteiger partial charge in [0.1, 0.15) is 6.04 Å². The lowest BCUT2D eigenvalue weighted by molar-refractivity contribution is -0.142. The van der Waals surface area contributed by atoms with E-state index in [1.54, 1.807) is 18.2 Å². The van der Waals surface area contributed by atoms with Crippen LogP contribution in [0, 0.1) is 0 Å². The maximum atomic E-state index is 12.9. The summed E-state index contributed by atoms with van der Waals surface area (Å²) in [5.41, 5.74) is 0.847. The average molecular weight is 426 g/mol. The zero-order valence-electron chi connectivity index (χ0n) is 16.4. The van der Waals surface area contributed by atoms with Crippen molar-refractivity contribution in [2.24, 2.45) is 0 Å². The van der Waals surface area contributed by atoms with Crippen LogP contribution in [0.2, 0.25) is 0 Å². The van der Waals surface area contributed by atoms with E-state index in [-0.39, 0.29) is 11.4 Å². The highest BCUT2D eigenvalue weighted by atomic mass is 32.2. The molecule has 0 aliphatic carbocycles. The minimum atomic E-state index is -4.11. The quantitative estimate of drug-likeness (QED) is 0.576. The maximum absolute atomic E-state index is 12.9. The van der Waals surface area contributed by atoms with Gasteiger partial charge in [0.05, 0.1) is 11.3 Å². The number of rotatable bonds is 8. The summed E-state index contributed by atoms with van der Waals surface area (Å²) in [5.74, 6) is -1.90.